The van der Waals surface area contributed by atoms with Crippen LogP contribution in [0.25, 0.3) is 0 Å². The Bertz CT molecular complexity index is 775. The summed E-state index contributed by atoms with van der Waals surface area (Å²) in [6.07, 6.45) is 2.10. The first kappa shape index (κ1) is 14.7. The predicted octanol–water partition coefficient (Wildman–Crippen LogP) is 1.56. The summed E-state index contributed by atoms with van der Waals surface area (Å²) in [6.45, 7) is 0. The minimum Gasteiger partial charge on any atom is -0.387 e. The molecule has 2 aromatic rings. The molecule has 0 aliphatic rings. The predicted molar refractivity (Wildman–Crippen MR) is 69.9 cm³/mol. The van der Waals surface area contributed by atoms with Crippen LogP contribution in [0.15, 0.2) is 34.0 Å². The van der Waals surface area contributed by atoms with Crippen LogP contribution in [0, 0.1) is 15.9 Å². The smallest absolute Gasteiger partial charge is 0.274 e. The van der Waals surface area contributed by atoms with Crippen LogP contribution < -0.4 is 10.0 Å². The molecule has 1 heterocycles. The number of aromatic nitrogens is 1. The molecular weight excluding hydrogens is 307 g/mol. The number of non-ortho nitro benzene ring substituents is 1. The van der Waals surface area contributed by atoms with E-state index < -0.39 is 31.3 Å². The lowest BCUT2D eigenvalue weighted by Gasteiger charge is -2.11. The van der Waals surface area contributed by atoms with Gasteiger partial charge in [-0.15, -0.1) is 0 Å². The molecule has 0 radical (unpaired) electrons. The number of anilines is 2. The Hall–Kier alpha value is -2.69. The van der Waals surface area contributed by atoms with Crippen molar-refractivity contribution in [3.05, 3.63) is 40.5 Å². The van der Waals surface area contributed by atoms with Gasteiger partial charge in [-0.2, -0.15) is 0 Å². The first-order valence-electron chi connectivity index (χ1n) is 5.43. The zero-order valence-corrected chi connectivity index (χ0v) is 11.3. The third kappa shape index (κ3) is 2.91. The van der Waals surface area contributed by atoms with Crippen LogP contribution in [0.3, 0.4) is 0 Å². The van der Waals surface area contributed by atoms with Gasteiger partial charge in [0, 0.05) is 13.1 Å². The molecule has 11 heteroatoms. The number of nitrogens with one attached hydrogen (secondary N) is 2. The monoisotopic (exact) mass is 316 g/mol. The second-order valence-corrected chi connectivity index (χ2v) is 5.45. The summed E-state index contributed by atoms with van der Waals surface area (Å²) in [4.78, 5) is 9.10. The third-order valence-corrected chi connectivity index (χ3v) is 3.92. The molecule has 112 valence electrons. The van der Waals surface area contributed by atoms with E-state index in [1.165, 1.54) is 7.05 Å². The molecule has 0 bridgehead atoms. The lowest BCUT2D eigenvalue weighted by atomic mass is 10.2. The average molecular weight is 316 g/mol. The Balaban J connectivity index is 2.54. The number of hydrogen-bond donors (Lipinski definition) is 2. The minimum absolute atomic E-state index is 0.00481. The number of benzene rings is 1. The van der Waals surface area contributed by atoms with Gasteiger partial charge in [0.1, 0.15) is 16.8 Å². The van der Waals surface area contributed by atoms with E-state index in [0.29, 0.717) is 6.07 Å². The van der Waals surface area contributed by atoms with Crippen molar-refractivity contribution in [2.24, 2.45) is 0 Å². The van der Waals surface area contributed by atoms with Crippen LogP contribution in [0.2, 0.25) is 0 Å². The van der Waals surface area contributed by atoms with Crippen LogP contribution in [-0.2, 0) is 10.0 Å². The third-order valence-electron chi connectivity index (χ3n) is 2.46. The van der Waals surface area contributed by atoms with Crippen LogP contribution in [0.4, 0.5) is 21.5 Å². The van der Waals surface area contributed by atoms with Crippen LogP contribution in [0.1, 0.15) is 0 Å². The second-order valence-electron chi connectivity index (χ2n) is 3.83. The summed E-state index contributed by atoms with van der Waals surface area (Å²) in [6, 6.07) is 1.45. The van der Waals surface area contributed by atoms with E-state index >= 15 is 0 Å². The molecule has 2 N–H and O–H groups in total. The van der Waals surface area contributed by atoms with Crippen molar-refractivity contribution in [2.45, 2.75) is 4.90 Å². The molecule has 2 rings (SSSR count). The van der Waals surface area contributed by atoms with E-state index in [1.54, 1.807) is 0 Å². The van der Waals surface area contributed by atoms with Crippen molar-refractivity contribution in [3.8, 4) is 0 Å². The molecule has 0 aliphatic heterocycles. The Morgan fingerprint density at radius 1 is 1.43 bits per heavy atom. The van der Waals surface area contributed by atoms with Gasteiger partial charge < -0.3 is 9.84 Å². The van der Waals surface area contributed by atoms with Crippen molar-refractivity contribution in [2.75, 3.05) is 17.1 Å². The summed E-state index contributed by atoms with van der Waals surface area (Å²) in [5, 5.41) is 16.4. The maximum Gasteiger partial charge on any atom is 0.274 e. The van der Waals surface area contributed by atoms with Gasteiger partial charge in [0.2, 0.25) is 0 Å². The van der Waals surface area contributed by atoms with E-state index in [2.05, 4.69) is 15.0 Å². The fourth-order valence-corrected chi connectivity index (χ4v) is 2.88. The van der Waals surface area contributed by atoms with Crippen LogP contribution in [0.5, 0.6) is 0 Å². The summed E-state index contributed by atoms with van der Waals surface area (Å²) in [5.41, 5.74) is -0.818. The molecule has 1 aromatic carbocycles. The molecule has 0 saturated heterocycles. The Morgan fingerprint density at radius 2 is 2.14 bits per heavy atom. The fourth-order valence-electron chi connectivity index (χ4n) is 1.60. The van der Waals surface area contributed by atoms with E-state index in [-0.39, 0.29) is 11.4 Å². The second kappa shape index (κ2) is 5.36. The largest absolute Gasteiger partial charge is 0.387 e. The normalized spacial score (nSPS) is 11.1. The van der Waals surface area contributed by atoms with Crippen molar-refractivity contribution >= 4 is 27.1 Å². The maximum absolute atomic E-state index is 14.0. The zero-order chi connectivity index (χ0) is 15.6. The Labute approximate surface area is 117 Å². The lowest BCUT2D eigenvalue weighted by Crippen LogP contribution is -2.16. The summed E-state index contributed by atoms with van der Waals surface area (Å²) in [7, 11) is -2.99. The van der Waals surface area contributed by atoms with E-state index in [9.17, 15) is 22.9 Å². The number of hydrogen-bond acceptors (Lipinski definition) is 7. The van der Waals surface area contributed by atoms with Crippen LogP contribution in [-0.4, -0.2) is 25.5 Å². The first-order chi connectivity index (χ1) is 9.85. The van der Waals surface area contributed by atoms with Gasteiger partial charge in [0.25, 0.3) is 15.7 Å². The number of sulfonamides is 1. The SMILES string of the molecule is CNc1cc([N+](=O)[O-])cc(F)c1S(=O)(=O)Nc1cnoc1. The summed E-state index contributed by atoms with van der Waals surface area (Å²) < 4.78 is 44.8. The zero-order valence-electron chi connectivity index (χ0n) is 10.5. The first-order valence-corrected chi connectivity index (χ1v) is 6.91. The summed E-state index contributed by atoms with van der Waals surface area (Å²) in [5.74, 6) is -1.25. The molecule has 21 heavy (non-hydrogen) atoms. The van der Waals surface area contributed by atoms with Gasteiger partial charge in [0.05, 0.1) is 22.9 Å². The van der Waals surface area contributed by atoms with Gasteiger partial charge in [-0.1, -0.05) is 5.16 Å². The molecule has 0 aliphatic carbocycles. The molecule has 9 nitrogen and oxygen atoms in total. The number of nitro groups is 1. The van der Waals surface area contributed by atoms with Gasteiger partial charge in [0.15, 0.2) is 5.82 Å². The van der Waals surface area contributed by atoms with Gasteiger partial charge in [-0.25, -0.2) is 12.8 Å². The molecule has 0 amide bonds. The molecular formula is C10H9FN4O5S. The fraction of sp³-hybridized carbons (Fsp3) is 0.100. The molecule has 0 saturated carbocycles. The molecule has 0 atom stereocenters. The Morgan fingerprint density at radius 3 is 2.67 bits per heavy atom. The van der Waals surface area contributed by atoms with Crippen molar-refractivity contribution in [1.29, 1.82) is 0 Å². The highest BCUT2D eigenvalue weighted by Crippen LogP contribution is 2.30. The van der Waals surface area contributed by atoms with E-state index in [4.69, 9.17) is 0 Å². The highest BCUT2D eigenvalue weighted by atomic mass is 32.2. The number of nitro benzene ring substituents is 1. The quantitative estimate of drug-likeness (QED) is 0.633. The number of rotatable bonds is 5. The molecule has 0 spiro atoms. The highest BCUT2D eigenvalue weighted by molar-refractivity contribution is 7.92. The minimum atomic E-state index is -4.31. The summed E-state index contributed by atoms with van der Waals surface area (Å²) >= 11 is 0. The van der Waals surface area contributed by atoms with Crippen LogP contribution >= 0.6 is 0 Å². The van der Waals surface area contributed by atoms with E-state index in [1.807, 2.05) is 4.72 Å². The lowest BCUT2D eigenvalue weighted by molar-refractivity contribution is -0.385. The molecule has 0 fully saturated rings. The Kier molecular flexibility index (Phi) is 3.76. The van der Waals surface area contributed by atoms with Crippen molar-refractivity contribution in [1.82, 2.24) is 5.16 Å². The average Bonchev–Trinajstić information content (AvgIpc) is 2.89. The standard InChI is InChI=1S/C10H9FN4O5S/c1-12-9-3-7(15(16)17)2-8(11)10(9)21(18,19)14-6-4-13-20-5-6/h2-5,12,14H,1H3. The van der Waals surface area contributed by atoms with Gasteiger partial charge in [-0.3, -0.25) is 14.8 Å². The number of halogens is 1. The van der Waals surface area contributed by atoms with E-state index in [0.717, 1.165) is 18.5 Å². The molecule has 1 aromatic heterocycles. The topological polar surface area (TPSA) is 127 Å². The van der Waals surface area contributed by atoms with Gasteiger partial charge >= 0.3 is 0 Å². The molecule has 0 unspecified atom stereocenters. The highest BCUT2D eigenvalue weighted by Gasteiger charge is 2.27. The number of nitrogens with zero attached hydrogens (tertiary/aromatic N) is 2. The van der Waals surface area contributed by atoms with Crippen molar-refractivity contribution in [3.63, 3.8) is 0 Å². The maximum atomic E-state index is 14.0. The van der Waals surface area contributed by atoms with Crippen molar-refractivity contribution < 1.29 is 22.3 Å². The van der Waals surface area contributed by atoms with Gasteiger partial charge in [-0.05, 0) is 0 Å².